The Bertz CT molecular complexity index is 1000. The van der Waals surface area contributed by atoms with Gasteiger partial charge < -0.3 is 19.3 Å². The second kappa shape index (κ2) is 10.8. The molecule has 0 aliphatic carbocycles. The van der Waals surface area contributed by atoms with Gasteiger partial charge in [-0.2, -0.15) is 0 Å². The fraction of sp³-hybridized carbons (Fsp3) is 0.630. The standard InChI is InChI=1S/2C13H21NO2.CH4/c1-12(2,3)10-6-7-14(11(15)8-10)9-13(4,5)16;1-12(2,3)10-6-7-11(15)14(8-10)9-13(4,5)16;/h2*6-8,16H,9H2,1-5H3;1H4. The van der Waals surface area contributed by atoms with Gasteiger partial charge in [-0.3, -0.25) is 9.59 Å². The SMILES string of the molecule is C.CC(C)(O)Cn1cc(C(C)(C)C)ccc1=O.CC(C)(O)Cn1ccc(C(C)(C)C)cc1=O. The molecule has 0 aliphatic heterocycles. The summed E-state index contributed by atoms with van der Waals surface area (Å²) in [6.45, 7) is 19.9. The van der Waals surface area contributed by atoms with Gasteiger partial charge in [0, 0.05) is 24.5 Å². The lowest BCUT2D eigenvalue weighted by Gasteiger charge is -2.23. The molecule has 6 heteroatoms. The molecule has 0 bridgehead atoms. The minimum atomic E-state index is -0.875. The first-order valence-electron chi connectivity index (χ1n) is 11.1. The Morgan fingerprint density at radius 2 is 1.12 bits per heavy atom. The van der Waals surface area contributed by atoms with Crippen LogP contribution in [0.4, 0.5) is 0 Å². The Labute approximate surface area is 199 Å². The number of nitrogens with zero attached hydrogens (tertiary/aromatic N) is 2. The van der Waals surface area contributed by atoms with Gasteiger partial charge in [-0.15, -0.1) is 0 Å². The van der Waals surface area contributed by atoms with E-state index in [1.54, 1.807) is 50.6 Å². The second-order valence-corrected chi connectivity index (χ2v) is 11.9. The first kappa shape index (κ1) is 30.8. The molecule has 2 heterocycles. The Morgan fingerprint density at radius 3 is 1.52 bits per heavy atom. The zero-order valence-corrected chi connectivity index (χ0v) is 21.5. The molecule has 0 amide bonds. The highest BCUT2D eigenvalue weighted by Crippen LogP contribution is 2.21. The van der Waals surface area contributed by atoms with E-state index in [4.69, 9.17) is 0 Å². The topological polar surface area (TPSA) is 84.5 Å². The van der Waals surface area contributed by atoms with Crippen molar-refractivity contribution in [2.45, 2.75) is 112 Å². The molecule has 2 rings (SSSR count). The summed E-state index contributed by atoms with van der Waals surface area (Å²) in [6, 6.07) is 6.99. The minimum Gasteiger partial charge on any atom is -0.389 e. The largest absolute Gasteiger partial charge is 0.389 e. The molecule has 2 aromatic heterocycles. The van der Waals surface area contributed by atoms with Crippen molar-refractivity contribution in [2.75, 3.05) is 0 Å². The lowest BCUT2D eigenvalue weighted by molar-refractivity contribution is 0.0597. The summed E-state index contributed by atoms with van der Waals surface area (Å²) < 4.78 is 3.11. The maximum absolute atomic E-state index is 11.8. The quantitative estimate of drug-likeness (QED) is 0.702. The van der Waals surface area contributed by atoms with Crippen LogP contribution >= 0.6 is 0 Å². The van der Waals surface area contributed by atoms with Crippen molar-refractivity contribution >= 4 is 0 Å². The molecule has 188 valence electrons. The Balaban J connectivity index is 0.000000602. The normalized spacial score (nSPS) is 12.5. The van der Waals surface area contributed by atoms with Gasteiger partial charge in [0.2, 0.25) is 0 Å². The lowest BCUT2D eigenvalue weighted by Crippen LogP contribution is -2.33. The monoisotopic (exact) mass is 462 g/mol. The van der Waals surface area contributed by atoms with Gasteiger partial charge in [-0.05, 0) is 55.7 Å². The van der Waals surface area contributed by atoms with Crippen LogP contribution in [0, 0.1) is 0 Å². The fourth-order valence-electron chi connectivity index (χ4n) is 3.04. The van der Waals surface area contributed by atoms with E-state index in [9.17, 15) is 19.8 Å². The average molecular weight is 463 g/mol. The summed E-state index contributed by atoms with van der Waals surface area (Å²) >= 11 is 0. The predicted octanol–water partition coefficient (Wildman–Crippen LogP) is 4.47. The average Bonchev–Trinajstić information content (AvgIpc) is 2.55. The Hall–Kier alpha value is -2.18. The van der Waals surface area contributed by atoms with Crippen LogP contribution in [0.15, 0.2) is 46.2 Å². The van der Waals surface area contributed by atoms with Gasteiger partial charge in [0.05, 0.1) is 24.3 Å². The Kier molecular flexibility index (Phi) is 10.1. The minimum absolute atomic E-state index is 0. The van der Waals surface area contributed by atoms with Crippen molar-refractivity contribution in [3.05, 3.63) is 68.5 Å². The number of aromatic nitrogens is 2. The third-order valence-electron chi connectivity index (χ3n) is 4.83. The highest BCUT2D eigenvalue weighted by molar-refractivity contribution is 5.20. The van der Waals surface area contributed by atoms with E-state index in [0.717, 1.165) is 11.1 Å². The molecule has 33 heavy (non-hydrogen) atoms. The van der Waals surface area contributed by atoms with E-state index in [1.165, 1.54) is 4.57 Å². The van der Waals surface area contributed by atoms with E-state index >= 15 is 0 Å². The van der Waals surface area contributed by atoms with E-state index in [2.05, 4.69) is 41.5 Å². The highest BCUT2D eigenvalue weighted by Gasteiger charge is 2.19. The summed E-state index contributed by atoms with van der Waals surface area (Å²) in [7, 11) is 0. The molecule has 0 saturated heterocycles. The first-order valence-corrected chi connectivity index (χ1v) is 11.1. The van der Waals surface area contributed by atoms with Gasteiger partial charge >= 0.3 is 0 Å². The molecule has 0 aromatic carbocycles. The van der Waals surface area contributed by atoms with Crippen LogP contribution in [0.1, 0.15) is 87.8 Å². The number of aliphatic hydroxyl groups is 2. The van der Waals surface area contributed by atoms with E-state index in [1.807, 2.05) is 18.3 Å². The van der Waals surface area contributed by atoms with Crippen molar-refractivity contribution in [3.8, 4) is 0 Å². The maximum atomic E-state index is 11.8. The van der Waals surface area contributed by atoms with Crippen molar-refractivity contribution < 1.29 is 10.2 Å². The molecule has 0 spiro atoms. The van der Waals surface area contributed by atoms with Crippen LogP contribution in [0.3, 0.4) is 0 Å². The molecule has 2 N–H and O–H groups in total. The third-order valence-corrected chi connectivity index (χ3v) is 4.83. The lowest BCUT2D eigenvalue weighted by atomic mass is 9.88. The molecular weight excluding hydrogens is 416 g/mol. The summed E-state index contributed by atoms with van der Waals surface area (Å²) in [5, 5.41) is 19.4. The Morgan fingerprint density at radius 1 is 0.667 bits per heavy atom. The molecule has 0 radical (unpaired) electrons. The zero-order valence-electron chi connectivity index (χ0n) is 21.5. The smallest absolute Gasteiger partial charge is 0.250 e. The van der Waals surface area contributed by atoms with Gasteiger partial charge in [-0.25, -0.2) is 0 Å². The van der Waals surface area contributed by atoms with Crippen LogP contribution in [0.2, 0.25) is 0 Å². The molecular formula is C27H46N2O4. The molecule has 0 unspecified atom stereocenters. The first-order chi connectivity index (χ1) is 14.2. The van der Waals surface area contributed by atoms with E-state index in [-0.39, 0.29) is 29.4 Å². The summed E-state index contributed by atoms with van der Waals surface area (Å²) in [5.41, 5.74) is 0.223. The maximum Gasteiger partial charge on any atom is 0.250 e. The predicted molar refractivity (Wildman–Crippen MR) is 138 cm³/mol. The second-order valence-electron chi connectivity index (χ2n) is 11.9. The number of hydrogen-bond acceptors (Lipinski definition) is 4. The molecule has 0 saturated carbocycles. The molecule has 0 aliphatic rings. The number of rotatable bonds is 4. The summed E-state index contributed by atoms with van der Waals surface area (Å²) in [4.78, 5) is 23.4. The van der Waals surface area contributed by atoms with Crippen LogP contribution in [-0.4, -0.2) is 30.5 Å². The van der Waals surface area contributed by atoms with Crippen LogP contribution < -0.4 is 11.1 Å². The van der Waals surface area contributed by atoms with E-state index < -0.39 is 11.2 Å². The van der Waals surface area contributed by atoms with Crippen molar-refractivity contribution in [1.82, 2.24) is 9.13 Å². The number of pyridine rings is 2. The van der Waals surface area contributed by atoms with Crippen LogP contribution in [0.25, 0.3) is 0 Å². The van der Waals surface area contributed by atoms with Crippen molar-refractivity contribution in [3.63, 3.8) is 0 Å². The van der Waals surface area contributed by atoms with E-state index in [0.29, 0.717) is 13.1 Å². The third kappa shape index (κ3) is 11.0. The summed E-state index contributed by atoms with van der Waals surface area (Å²) in [5.74, 6) is 0. The molecule has 6 nitrogen and oxygen atoms in total. The van der Waals surface area contributed by atoms with Gasteiger partial charge in [0.25, 0.3) is 11.1 Å². The molecule has 0 fully saturated rings. The van der Waals surface area contributed by atoms with Crippen molar-refractivity contribution in [2.24, 2.45) is 0 Å². The van der Waals surface area contributed by atoms with Crippen LogP contribution in [0.5, 0.6) is 0 Å². The molecule has 0 atom stereocenters. The van der Waals surface area contributed by atoms with Crippen molar-refractivity contribution in [1.29, 1.82) is 0 Å². The number of hydrogen-bond donors (Lipinski definition) is 2. The summed E-state index contributed by atoms with van der Waals surface area (Å²) in [6.07, 6.45) is 3.58. The van der Waals surface area contributed by atoms with Crippen LogP contribution in [-0.2, 0) is 23.9 Å². The fourth-order valence-corrected chi connectivity index (χ4v) is 3.04. The van der Waals surface area contributed by atoms with Gasteiger partial charge in [0.15, 0.2) is 0 Å². The highest BCUT2D eigenvalue weighted by atomic mass is 16.3. The zero-order chi connectivity index (χ0) is 25.1. The van der Waals surface area contributed by atoms with Gasteiger partial charge in [0.1, 0.15) is 0 Å². The van der Waals surface area contributed by atoms with Gasteiger partial charge in [-0.1, -0.05) is 55.0 Å². The molecule has 2 aromatic rings.